The van der Waals surface area contributed by atoms with Crippen molar-refractivity contribution < 1.29 is 53.7 Å². The number of nitrogens with two attached hydrogens (primary N) is 3. The van der Waals surface area contributed by atoms with Crippen molar-refractivity contribution in [2.75, 3.05) is 19.7 Å². The van der Waals surface area contributed by atoms with E-state index in [4.69, 9.17) is 27.4 Å². The number of carboxylic acids is 2. The largest absolute Gasteiger partial charge is 0.481 e. The summed E-state index contributed by atoms with van der Waals surface area (Å²) in [4.78, 5) is 106. The van der Waals surface area contributed by atoms with Crippen LogP contribution in [-0.4, -0.2) is 136 Å². The van der Waals surface area contributed by atoms with Crippen LogP contribution in [0.5, 0.6) is 0 Å². The van der Waals surface area contributed by atoms with Gasteiger partial charge in [-0.3, -0.25) is 38.6 Å². The van der Waals surface area contributed by atoms with Crippen molar-refractivity contribution in [2.45, 2.75) is 109 Å². The van der Waals surface area contributed by atoms with E-state index < -0.39 is 103 Å². The maximum Gasteiger partial charge on any atom is 0.328 e. The van der Waals surface area contributed by atoms with Crippen LogP contribution in [0.15, 0.2) is 4.99 Å². The lowest BCUT2D eigenvalue weighted by molar-refractivity contribution is -0.144. The zero-order valence-electron chi connectivity index (χ0n) is 29.2. The van der Waals surface area contributed by atoms with Gasteiger partial charge in [-0.05, 0) is 51.9 Å². The predicted molar refractivity (Wildman–Crippen MR) is 180 cm³/mol. The van der Waals surface area contributed by atoms with Crippen LogP contribution in [-0.2, 0) is 38.4 Å². The average Bonchev–Trinajstić information content (AvgIpc) is 3.55. The molecule has 6 amide bonds. The van der Waals surface area contributed by atoms with Gasteiger partial charge in [0.25, 0.3) is 0 Å². The second-order valence-corrected chi connectivity index (χ2v) is 12.5. The minimum Gasteiger partial charge on any atom is -0.481 e. The highest BCUT2D eigenvalue weighted by Gasteiger charge is 2.39. The SMILES string of the molecule is CC(C)[C@H](N)C(=O)N[C@@H](CCC(=O)O)C(=O)N1CCC[C@H]1C(=O)N[C@@H](C)C(=O)N[C@@H](CCCN=C(N)N)C(=O)N[C@@H](C)C(=O)N[C@@H](CO)C(=O)O. The molecule has 288 valence electrons. The van der Waals surface area contributed by atoms with Crippen molar-refractivity contribution in [3.8, 4) is 0 Å². The molecule has 14 N–H and O–H groups in total. The van der Waals surface area contributed by atoms with Gasteiger partial charge in [-0.1, -0.05) is 13.8 Å². The molecule has 1 fully saturated rings. The Balaban J connectivity index is 3.04. The van der Waals surface area contributed by atoms with Crippen LogP contribution in [0.4, 0.5) is 0 Å². The Morgan fingerprint density at radius 1 is 0.784 bits per heavy atom. The highest BCUT2D eigenvalue weighted by Crippen LogP contribution is 2.20. The maximum atomic E-state index is 13.5. The van der Waals surface area contributed by atoms with E-state index in [-0.39, 0.29) is 50.7 Å². The summed E-state index contributed by atoms with van der Waals surface area (Å²) in [6, 6.07) is -8.69. The smallest absolute Gasteiger partial charge is 0.328 e. The van der Waals surface area contributed by atoms with Crippen molar-refractivity contribution in [3.63, 3.8) is 0 Å². The Hall–Kier alpha value is -5.05. The quantitative estimate of drug-likeness (QED) is 0.0301. The molecule has 21 heteroatoms. The minimum atomic E-state index is -1.61. The molecule has 1 aliphatic heterocycles. The minimum absolute atomic E-state index is 0.0213. The van der Waals surface area contributed by atoms with Crippen LogP contribution in [0, 0.1) is 5.92 Å². The molecule has 0 spiro atoms. The fourth-order valence-corrected chi connectivity index (χ4v) is 4.91. The third-order valence-corrected chi connectivity index (χ3v) is 8.00. The van der Waals surface area contributed by atoms with Gasteiger partial charge < -0.3 is 64.0 Å². The second kappa shape index (κ2) is 21.2. The monoisotopic (exact) mass is 728 g/mol. The lowest BCUT2D eigenvalue weighted by Crippen LogP contribution is -2.59. The van der Waals surface area contributed by atoms with E-state index >= 15 is 0 Å². The number of aliphatic carboxylic acids is 2. The molecule has 0 aromatic rings. The van der Waals surface area contributed by atoms with Crippen molar-refractivity contribution in [2.24, 2.45) is 28.1 Å². The Morgan fingerprint density at radius 2 is 1.35 bits per heavy atom. The number of nitrogens with zero attached hydrogens (tertiary/aromatic N) is 2. The second-order valence-electron chi connectivity index (χ2n) is 12.5. The van der Waals surface area contributed by atoms with Gasteiger partial charge in [-0.2, -0.15) is 0 Å². The Labute approximate surface area is 294 Å². The number of amides is 6. The van der Waals surface area contributed by atoms with E-state index in [0.29, 0.717) is 6.42 Å². The van der Waals surface area contributed by atoms with Gasteiger partial charge in [-0.15, -0.1) is 0 Å². The van der Waals surface area contributed by atoms with E-state index in [1.165, 1.54) is 18.7 Å². The van der Waals surface area contributed by atoms with Gasteiger partial charge in [0.1, 0.15) is 36.3 Å². The fraction of sp³-hybridized carbons (Fsp3) is 0.700. The van der Waals surface area contributed by atoms with E-state index in [9.17, 15) is 43.5 Å². The van der Waals surface area contributed by atoms with Gasteiger partial charge in [0.15, 0.2) is 5.96 Å². The van der Waals surface area contributed by atoms with Crippen LogP contribution < -0.4 is 43.8 Å². The molecule has 1 aliphatic rings. The maximum absolute atomic E-state index is 13.5. The molecule has 0 unspecified atom stereocenters. The first-order valence-electron chi connectivity index (χ1n) is 16.5. The molecule has 7 atom stereocenters. The summed E-state index contributed by atoms with van der Waals surface area (Å²) in [5, 5.41) is 39.4. The summed E-state index contributed by atoms with van der Waals surface area (Å²) < 4.78 is 0. The van der Waals surface area contributed by atoms with E-state index in [1.807, 2.05) is 0 Å². The first kappa shape index (κ1) is 44.0. The number of aliphatic hydroxyl groups excluding tert-OH is 1. The summed E-state index contributed by atoms with van der Waals surface area (Å²) in [5.74, 6) is -7.75. The summed E-state index contributed by atoms with van der Waals surface area (Å²) in [6.07, 6.45) is 0.112. The molecule has 21 nitrogen and oxygen atoms in total. The van der Waals surface area contributed by atoms with Crippen LogP contribution in [0.1, 0.15) is 66.2 Å². The van der Waals surface area contributed by atoms with Gasteiger partial charge in [0, 0.05) is 19.5 Å². The lowest BCUT2D eigenvalue weighted by atomic mass is 10.0. The summed E-state index contributed by atoms with van der Waals surface area (Å²) in [5.41, 5.74) is 16.6. The van der Waals surface area contributed by atoms with E-state index in [1.54, 1.807) is 13.8 Å². The fourth-order valence-electron chi connectivity index (χ4n) is 4.91. The third kappa shape index (κ3) is 14.8. The van der Waals surface area contributed by atoms with Crippen LogP contribution in [0.25, 0.3) is 0 Å². The number of nitrogens with one attached hydrogen (secondary N) is 5. The number of carbonyl (C=O) groups is 8. The zero-order chi connectivity index (χ0) is 39.0. The van der Waals surface area contributed by atoms with Crippen molar-refractivity contribution >= 4 is 53.3 Å². The molecule has 51 heavy (non-hydrogen) atoms. The molecule has 1 heterocycles. The molecule has 0 radical (unpaired) electrons. The molecule has 0 aromatic heterocycles. The van der Waals surface area contributed by atoms with Gasteiger partial charge in [0.05, 0.1) is 12.6 Å². The standard InChI is InChI=1S/C30H52N10O11/c1-14(2)22(31)27(48)38-18(9-10-21(42)43)28(49)40-12-6-8-20(40)26(47)36-16(4)23(44)37-17(7-5-11-34-30(32)33)25(46)35-15(3)24(45)39-19(13-41)29(50)51/h14-20,22,41H,5-13,31H2,1-4H3,(H,35,46)(H,36,47)(H,37,44)(H,38,48)(H,39,45)(H,42,43)(H,50,51)(H4,32,33,34)/t15-,16-,17-,18-,19-,20-,22-/m0/s1. The summed E-state index contributed by atoms with van der Waals surface area (Å²) >= 11 is 0. The summed E-state index contributed by atoms with van der Waals surface area (Å²) in [6.45, 7) is 5.33. The number of carboxylic acid groups (broad SMARTS) is 2. The number of aliphatic imine (C=N–C) groups is 1. The molecule has 0 saturated carbocycles. The van der Waals surface area contributed by atoms with Crippen molar-refractivity contribution in [1.29, 1.82) is 0 Å². The number of hydrogen-bond donors (Lipinski definition) is 11. The Morgan fingerprint density at radius 3 is 1.88 bits per heavy atom. The Bertz CT molecular complexity index is 1310. The van der Waals surface area contributed by atoms with E-state index in [0.717, 1.165) is 0 Å². The predicted octanol–water partition coefficient (Wildman–Crippen LogP) is -4.58. The molecular formula is C30H52N10O11. The number of rotatable bonds is 21. The average molecular weight is 729 g/mol. The number of carbonyl (C=O) groups excluding carboxylic acids is 6. The van der Waals surface area contributed by atoms with Crippen molar-refractivity contribution in [1.82, 2.24) is 31.5 Å². The van der Waals surface area contributed by atoms with Gasteiger partial charge in [0.2, 0.25) is 35.4 Å². The number of guanidine groups is 1. The zero-order valence-corrected chi connectivity index (χ0v) is 29.2. The van der Waals surface area contributed by atoms with Gasteiger partial charge in [-0.25, -0.2) is 4.79 Å². The molecule has 1 saturated heterocycles. The van der Waals surface area contributed by atoms with Crippen LogP contribution in [0.2, 0.25) is 0 Å². The third-order valence-electron chi connectivity index (χ3n) is 8.00. The lowest BCUT2D eigenvalue weighted by Gasteiger charge is -2.30. The number of likely N-dealkylation sites (tertiary alicyclic amines) is 1. The first-order valence-corrected chi connectivity index (χ1v) is 16.5. The van der Waals surface area contributed by atoms with Crippen LogP contribution >= 0.6 is 0 Å². The normalized spacial score (nSPS) is 17.5. The number of aliphatic hydroxyl groups is 1. The highest BCUT2D eigenvalue weighted by molar-refractivity contribution is 5.97. The summed E-state index contributed by atoms with van der Waals surface area (Å²) in [7, 11) is 0. The van der Waals surface area contributed by atoms with Gasteiger partial charge >= 0.3 is 11.9 Å². The van der Waals surface area contributed by atoms with Crippen LogP contribution in [0.3, 0.4) is 0 Å². The topological polar surface area (TPSA) is 351 Å². The first-order chi connectivity index (χ1) is 23.8. The molecular weight excluding hydrogens is 676 g/mol. The molecule has 0 aromatic carbocycles. The highest BCUT2D eigenvalue weighted by atomic mass is 16.4. The van der Waals surface area contributed by atoms with E-state index in [2.05, 4.69) is 31.6 Å². The molecule has 0 bridgehead atoms. The molecule has 0 aliphatic carbocycles. The molecule has 1 rings (SSSR count). The Kier molecular flexibility index (Phi) is 18.3. The number of hydrogen-bond acceptors (Lipinski definition) is 11. The van der Waals surface area contributed by atoms with Crippen molar-refractivity contribution in [3.05, 3.63) is 0 Å².